The van der Waals surface area contributed by atoms with Crippen molar-refractivity contribution < 1.29 is 52.7 Å². The number of benzene rings is 3. The Kier molecular flexibility index (Phi) is 23.0. The number of aromatic nitrogens is 2. The number of nitrogens with one attached hydrogen (secondary N) is 4. The second-order valence-corrected chi connectivity index (χ2v) is 22.5. The van der Waals surface area contributed by atoms with E-state index in [9.17, 15) is 29.1 Å². The summed E-state index contributed by atoms with van der Waals surface area (Å²) in [6.45, 7) is 19.9. The Hall–Kier alpha value is -6.52. The zero-order valence-electron chi connectivity index (χ0n) is 48.2. The number of likely N-dealkylation sites (tertiary alicyclic amines) is 1. The maximum Gasteiger partial charge on any atom is 0.253 e. The predicted molar refractivity (Wildman–Crippen MR) is 312 cm³/mol. The van der Waals surface area contributed by atoms with Crippen molar-refractivity contribution in [3.05, 3.63) is 122 Å². The molecule has 2 aliphatic rings. The first-order valence-corrected chi connectivity index (χ1v) is 28.9. The topological polar surface area (TPSA) is 232 Å². The minimum Gasteiger partial charge on any atom is -0.491 e. The van der Waals surface area contributed by atoms with Gasteiger partial charge in [0.15, 0.2) is 0 Å². The summed E-state index contributed by atoms with van der Waals surface area (Å²) in [5, 5.41) is 19.3. The molecule has 438 valence electrons. The van der Waals surface area contributed by atoms with Gasteiger partial charge in [-0.05, 0) is 117 Å². The lowest BCUT2D eigenvalue weighted by atomic mass is 9.85. The van der Waals surface area contributed by atoms with Crippen LogP contribution in [0.25, 0.3) is 21.6 Å². The maximum atomic E-state index is 14.0. The van der Waals surface area contributed by atoms with Crippen LogP contribution in [-0.2, 0) is 51.2 Å². The van der Waals surface area contributed by atoms with E-state index in [-0.39, 0.29) is 69.3 Å². The number of aryl methyl sites for hydroxylation is 3. The third-order valence-electron chi connectivity index (χ3n) is 14.6. The average molecular weight is 1140 g/mol. The number of hydrogen-bond donors (Lipinski definition) is 5. The number of hydrogen-bond acceptors (Lipinski definition) is 15. The van der Waals surface area contributed by atoms with Crippen molar-refractivity contribution in [1.82, 2.24) is 30.8 Å². The first-order chi connectivity index (χ1) is 38.9. The number of anilines is 1. The van der Waals surface area contributed by atoms with Crippen molar-refractivity contribution in [2.45, 2.75) is 112 Å². The van der Waals surface area contributed by atoms with Crippen LogP contribution in [-0.4, -0.2) is 154 Å². The summed E-state index contributed by atoms with van der Waals surface area (Å²) < 4.78 is 34.2. The lowest BCUT2D eigenvalue weighted by Gasteiger charge is -2.37. The van der Waals surface area contributed by atoms with Gasteiger partial charge in [0.2, 0.25) is 17.7 Å². The molecule has 0 aliphatic carbocycles. The van der Waals surface area contributed by atoms with E-state index in [1.54, 1.807) is 11.3 Å². The van der Waals surface area contributed by atoms with Gasteiger partial charge in [0.25, 0.3) is 11.5 Å². The molecule has 4 amide bonds. The Morgan fingerprint density at radius 2 is 1.47 bits per heavy atom. The van der Waals surface area contributed by atoms with Gasteiger partial charge < -0.3 is 64.3 Å². The number of β-amino-alcohol motifs (C(OH)–C–C–N with tert-alkyl or cyclic N) is 1. The van der Waals surface area contributed by atoms with Gasteiger partial charge in [-0.3, -0.25) is 24.0 Å². The average Bonchev–Trinajstić information content (AvgIpc) is 4.07. The van der Waals surface area contributed by atoms with Gasteiger partial charge in [-0.25, -0.2) is 4.98 Å². The maximum absolute atomic E-state index is 14.0. The number of nitrogens with zero attached hydrogens (tertiary/aromatic N) is 3. The number of carbonyl (C=O) groups is 4. The number of pyridine rings is 1. The monoisotopic (exact) mass is 1140 g/mol. The van der Waals surface area contributed by atoms with Crippen LogP contribution in [0.15, 0.2) is 77.0 Å². The largest absolute Gasteiger partial charge is 0.491 e. The lowest BCUT2D eigenvalue weighted by Crippen LogP contribution is -2.58. The van der Waals surface area contributed by atoms with Crippen LogP contribution in [0.1, 0.15) is 91.0 Å². The molecule has 81 heavy (non-hydrogen) atoms. The predicted octanol–water partition coefficient (Wildman–Crippen LogP) is 6.59. The smallest absolute Gasteiger partial charge is 0.253 e. The van der Waals surface area contributed by atoms with E-state index < -0.39 is 35.4 Å². The van der Waals surface area contributed by atoms with Crippen LogP contribution in [0.2, 0.25) is 0 Å². The second kappa shape index (κ2) is 30.0. The number of H-pyrrole nitrogens is 1. The highest BCUT2D eigenvalue weighted by Gasteiger charge is 2.44. The molecule has 0 unspecified atom stereocenters. The number of aliphatic hydroxyl groups is 1. The van der Waals surface area contributed by atoms with Crippen molar-refractivity contribution in [3.8, 4) is 27.3 Å². The molecule has 2 aromatic heterocycles. The van der Waals surface area contributed by atoms with Crippen LogP contribution in [0.5, 0.6) is 5.75 Å². The van der Waals surface area contributed by atoms with Gasteiger partial charge in [-0.1, -0.05) is 57.2 Å². The summed E-state index contributed by atoms with van der Waals surface area (Å²) >= 11 is 1.57. The van der Waals surface area contributed by atoms with Gasteiger partial charge in [0, 0.05) is 74.4 Å². The number of aliphatic hydroxyl groups excluding tert-OH is 1. The molecule has 0 spiro atoms. The van der Waals surface area contributed by atoms with Crippen molar-refractivity contribution >= 4 is 40.7 Å². The van der Waals surface area contributed by atoms with Crippen molar-refractivity contribution in [2.75, 3.05) is 90.7 Å². The molecule has 2 aliphatic heterocycles. The van der Waals surface area contributed by atoms with E-state index in [4.69, 9.17) is 28.4 Å². The first kappa shape index (κ1) is 62.1. The molecular weight excluding hydrogens is 1050 g/mol. The molecule has 2 fully saturated rings. The number of rotatable bonds is 28. The summed E-state index contributed by atoms with van der Waals surface area (Å²) in [7, 11) is 0. The minimum atomic E-state index is -0.977. The number of ether oxygens (including phenoxy) is 6. The van der Waals surface area contributed by atoms with Gasteiger partial charge >= 0.3 is 0 Å². The van der Waals surface area contributed by atoms with Crippen LogP contribution < -0.4 is 31.1 Å². The third-order valence-corrected chi connectivity index (χ3v) is 15.5. The van der Waals surface area contributed by atoms with Crippen molar-refractivity contribution in [2.24, 2.45) is 5.41 Å². The lowest BCUT2D eigenvalue weighted by molar-refractivity contribution is -0.144. The Morgan fingerprint density at radius 3 is 2.09 bits per heavy atom. The second-order valence-electron chi connectivity index (χ2n) is 21.6. The quantitative estimate of drug-likeness (QED) is 0.0333. The fraction of sp³-hybridized carbons (Fsp3) is 0.508. The van der Waals surface area contributed by atoms with Crippen molar-refractivity contribution in [3.63, 3.8) is 0 Å². The van der Waals surface area contributed by atoms with Crippen LogP contribution in [0.3, 0.4) is 0 Å². The molecule has 5 N–H and O–H groups in total. The van der Waals surface area contributed by atoms with Crippen LogP contribution in [0.4, 0.5) is 5.69 Å². The highest BCUT2D eigenvalue weighted by atomic mass is 32.1. The molecule has 19 nitrogen and oxygen atoms in total. The van der Waals surface area contributed by atoms with Crippen molar-refractivity contribution in [1.29, 1.82) is 0 Å². The first-order valence-electron chi connectivity index (χ1n) is 28.0. The molecule has 0 radical (unpaired) electrons. The van der Waals surface area contributed by atoms with Crippen LogP contribution >= 0.6 is 11.3 Å². The zero-order valence-corrected chi connectivity index (χ0v) is 49.0. The fourth-order valence-corrected chi connectivity index (χ4v) is 11.0. The van der Waals surface area contributed by atoms with Gasteiger partial charge in [-0.2, -0.15) is 0 Å². The number of thiazole rings is 1. The molecular formula is C61H81N7O12S. The Balaban J connectivity index is 0.772. The van der Waals surface area contributed by atoms with Crippen LogP contribution in [0, 0.1) is 33.1 Å². The van der Waals surface area contributed by atoms with Gasteiger partial charge in [0.05, 0.1) is 68.4 Å². The molecule has 7 rings (SSSR count). The highest BCUT2D eigenvalue weighted by molar-refractivity contribution is 7.13. The Bertz CT molecular complexity index is 2940. The summed E-state index contributed by atoms with van der Waals surface area (Å²) in [4.78, 5) is 79.2. The molecule has 0 bridgehead atoms. The van der Waals surface area contributed by atoms with E-state index >= 15 is 0 Å². The molecule has 2 saturated heterocycles. The normalized spacial score (nSPS) is 16.0. The summed E-state index contributed by atoms with van der Waals surface area (Å²) in [5.74, 6) is -0.892. The van der Waals surface area contributed by atoms with E-state index in [1.165, 1.54) is 4.90 Å². The SMILES string of the molecule is CCN(c1cc(-c2ccc(OCCOCCOCCOCCOCC(=O)N[C@H](C(=O)N3C[C@H](O)C[C@H]3C(=O)NCc3ccc(-c4scnc4C)cc3)C(C)(C)C)cc2)cc(C(=O)NCc2c(C)cc(C)[nH]c2=O)c1C)C1CCOCC1. The molecule has 0 saturated carbocycles. The summed E-state index contributed by atoms with van der Waals surface area (Å²) in [6, 6.07) is 20.0. The number of aromatic amines is 1. The highest BCUT2D eigenvalue weighted by Crippen LogP contribution is 2.35. The van der Waals surface area contributed by atoms with Gasteiger partial charge in [-0.15, -0.1) is 11.3 Å². The van der Waals surface area contributed by atoms with E-state index in [1.807, 2.05) is 115 Å². The molecule has 5 aromatic rings. The fourth-order valence-electron chi connectivity index (χ4n) is 10.2. The van der Waals surface area contributed by atoms with Gasteiger partial charge in [0.1, 0.15) is 31.0 Å². The number of amides is 4. The minimum absolute atomic E-state index is 0.0247. The summed E-state index contributed by atoms with van der Waals surface area (Å²) in [6.07, 6.45) is 1.01. The summed E-state index contributed by atoms with van der Waals surface area (Å²) in [5.41, 5.74) is 10.2. The molecule has 4 heterocycles. The number of carbonyl (C=O) groups excluding carboxylic acids is 4. The third kappa shape index (κ3) is 17.5. The Morgan fingerprint density at radius 1 is 0.827 bits per heavy atom. The molecule has 3 aromatic carbocycles. The van der Waals surface area contributed by atoms with E-state index in [0.29, 0.717) is 69.7 Å². The Labute approximate surface area is 479 Å². The van der Waals surface area contributed by atoms with E-state index in [2.05, 4.69) is 43.8 Å². The molecule has 20 heteroatoms. The van der Waals surface area contributed by atoms with E-state index in [0.717, 1.165) is 74.7 Å². The molecule has 3 atom stereocenters. The zero-order chi connectivity index (χ0) is 58.1. The standard InChI is InChI=1S/C61H81N7O12S/c1-9-67(47-18-20-75-21-19-47)52-32-46(31-50(41(52)4)57(71)63-35-51-39(2)30-40(3)65-58(51)72)44-14-16-49(17-15-44)80-29-28-78-25-24-76-22-23-77-26-27-79-37-54(70)66-56(61(6,7)8)60(74)68-36-48(69)33-53(68)59(73)62-34-43-10-12-45(13-11-43)55-42(5)64-38-81-55/h10-17,30-32,38,47-48,53,56,69H,9,18-29,33-37H2,1-8H3,(H,62,73)(H,63,71)(H,65,72)(H,66,70)/t48-,53+,56-/m1/s1.